The first-order chi connectivity index (χ1) is 5.74. The number of hydrogen-bond acceptors (Lipinski definition) is 0. The maximum Gasteiger partial charge on any atom is 0.0595 e. The molecule has 0 heterocycles. The minimum atomic E-state index is 0.594. The second-order valence-electron chi connectivity index (χ2n) is 2.45. The predicted octanol–water partition coefficient (Wildman–Crippen LogP) is 3.12. The maximum atomic E-state index is 5.82. The lowest BCUT2D eigenvalue weighted by molar-refractivity contribution is 0.710. The first kappa shape index (κ1) is 9.85. The summed E-state index contributed by atoms with van der Waals surface area (Å²) in [6.07, 6.45) is 0. The number of hydrogen-bond donors (Lipinski definition) is 0. The highest BCUT2D eigenvalue weighted by Crippen LogP contribution is 2.22. The third-order valence-electron chi connectivity index (χ3n) is 1.50. The Morgan fingerprint density at radius 1 is 1.25 bits per heavy atom. The van der Waals surface area contributed by atoms with E-state index in [0.29, 0.717) is 16.6 Å². The van der Waals surface area contributed by atoms with Crippen LogP contribution in [0, 0.1) is 0 Å². The normalized spacial score (nSPS) is 10.2. The minimum absolute atomic E-state index is 0.594. The summed E-state index contributed by atoms with van der Waals surface area (Å²) < 4.78 is 0. The van der Waals surface area contributed by atoms with Crippen molar-refractivity contribution in [2.75, 3.05) is 6.54 Å². The fourth-order valence-electron chi connectivity index (χ4n) is 0.879. The van der Waals surface area contributed by atoms with Crippen LogP contribution in [-0.2, 0) is 6.54 Å². The summed E-state index contributed by atoms with van der Waals surface area (Å²) in [5, 5.41) is 5.40. The summed E-state index contributed by atoms with van der Waals surface area (Å²) in [4.78, 5) is 0. The molecule has 1 radical (unpaired) electrons. The lowest BCUT2D eigenvalue weighted by Gasteiger charge is -2.01. The van der Waals surface area contributed by atoms with Crippen molar-refractivity contribution in [3.05, 3.63) is 33.8 Å². The highest BCUT2D eigenvalue weighted by Gasteiger charge is 1.98. The molecule has 0 aliphatic heterocycles. The van der Waals surface area contributed by atoms with E-state index >= 15 is 0 Å². The van der Waals surface area contributed by atoms with Gasteiger partial charge in [-0.25, -0.2) is 5.32 Å². The van der Waals surface area contributed by atoms with Crippen molar-refractivity contribution in [3.8, 4) is 0 Å². The zero-order chi connectivity index (χ0) is 8.97. The van der Waals surface area contributed by atoms with Gasteiger partial charge in [0.05, 0.1) is 10.0 Å². The van der Waals surface area contributed by atoms with E-state index < -0.39 is 0 Å². The molecule has 0 saturated carbocycles. The number of benzene rings is 1. The Kier molecular flexibility index (Phi) is 3.86. The van der Waals surface area contributed by atoms with Gasteiger partial charge in [0.1, 0.15) is 0 Å². The molecule has 0 N–H and O–H groups in total. The molecule has 0 saturated heterocycles. The third kappa shape index (κ3) is 2.67. The molecule has 1 aromatic carbocycles. The van der Waals surface area contributed by atoms with E-state index in [1.165, 1.54) is 0 Å². The van der Waals surface area contributed by atoms with Crippen molar-refractivity contribution in [1.82, 2.24) is 5.32 Å². The summed E-state index contributed by atoms with van der Waals surface area (Å²) in [6.45, 7) is 3.56. The molecular weight excluding hydrogens is 193 g/mol. The standard InChI is InChI=1S/C9H10Cl2N/c1-2-12-6-7-3-4-8(10)9(11)5-7/h3-5H,2,6H2,1H3. The molecule has 1 aromatic rings. The molecule has 65 valence electrons. The smallest absolute Gasteiger partial charge is 0.0595 e. The van der Waals surface area contributed by atoms with E-state index in [1.807, 2.05) is 19.1 Å². The van der Waals surface area contributed by atoms with Crippen molar-refractivity contribution in [2.24, 2.45) is 0 Å². The van der Waals surface area contributed by atoms with Gasteiger partial charge in [0.15, 0.2) is 0 Å². The van der Waals surface area contributed by atoms with Crippen LogP contribution in [0.2, 0.25) is 10.0 Å². The van der Waals surface area contributed by atoms with Gasteiger partial charge in [-0.05, 0) is 17.7 Å². The van der Waals surface area contributed by atoms with Crippen LogP contribution in [-0.4, -0.2) is 6.54 Å². The quantitative estimate of drug-likeness (QED) is 0.716. The van der Waals surface area contributed by atoms with Crippen LogP contribution in [0.15, 0.2) is 18.2 Å². The van der Waals surface area contributed by atoms with Gasteiger partial charge in [0.2, 0.25) is 0 Å². The topological polar surface area (TPSA) is 14.1 Å². The van der Waals surface area contributed by atoms with Gasteiger partial charge in [-0.2, -0.15) is 0 Å². The van der Waals surface area contributed by atoms with Crippen molar-refractivity contribution in [3.63, 3.8) is 0 Å². The van der Waals surface area contributed by atoms with Crippen molar-refractivity contribution in [2.45, 2.75) is 13.5 Å². The monoisotopic (exact) mass is 202 g/mol. The summed E-state index contributed by atoms with van der Waals surface area (Å²) in [5.41, 5.74) is 1.10. The molecular formula is C9H10Cl2N. The fraction of sp³-hybridized carbons (Fsp3) is 0.333. The third-order valence-corrected chi connectivity index (χ3v) is 2.24. The van der Waals surface area contributed by atoms with Crippen molar-refractivity contribution in [1.29, 1.82) is 0 Å². The van der Waals surface area contributed by atoms with Gasteiger partial charge in [-0.15, -0.1) is 0 Å². The number of halogens is 2. The zero-order valence-corrected chi connectivity index (χ0v) is 8.36. The molecule has 12 heavy (non-hydrogen) atoms. The Bertz CT molecular complexity index is 261. The van der Waals surface area contributed by atoms with E-state index in [-0.39, 0.29) is 0 Å². The summed E-state index contributed by atoms with van der Waals surface area (Å²) in [5.74, 6) is 0. The van der Waals surface area contributed by atoms with Gasteiger partial charge < -0.3 is 0 Å². The van der Waals surface area contributed by atoms with E-state index in [4.69, 9.17) is 23.2 Å². The Morgan fingerprint density at radius 3 is 2.58 bits per heavy atom. The van der Waals surface area contributed by atoms with Crippen molar-refractivity contribution < 1.29 is 0 Å². The molecule has 0 aromatic heterocycles. The van der Waals surface area contributed by atoms with Gasteiger partial charge in [0.25, 0.3) is 0 Å². The Balaban J connectivity index is 2.69. The molecule has 0 atom stereocenters. The highest BCUT2D eigenvalue weighted by atomic mass is 35.5. The number of nitrogens with zero attached hydrogens (tertiary/aromatic N) is 1. The average molecular weight is 203 g/mol. The largest absolute Gasteiger partial charge is 0.237 e. The Hall–Kier alpha value is -0.240. The lowest BCUT2D eigenvalue weighted by Crippen LogP contribution is -2.02. The second kappa shape index (κ2) is 4.70. The zero-order valence-electron chi connectivity index (χ0n) is 6.85. The summed E-state index contributed by atoms with van der Waals surface area (Å²) in [7, 11) is 0. The van der Waals surface area contributed by atoms with Crippen LogP contribution in [0.5, 0.6) is 0 Å². The van der Waals surface area contributed by atoms with E-state index in [9.17, 15) is 0 Å². The molecule has 0 unspecified atom stereocenters. The number of rotatable bonds is 3. The van der Waals surface area contributed by atoms with Crippen LogP contribution < -0.4 is 5.32 Å². The summed E-state index contributed by atoms with van der Waals surface area (Å²) in [6, 6.07) is 5.58. The van der Waals surface area contributed by atoms with Crippen LogP contribution in [0.4, 0.5) is 0 Å². The average Bonchev–Trinajstić information content (AvgIpc) is 2.07. The van der Waals surface area contributed by atoms with Crippen LogP contribution in [0.1, 0.15) is 12.5 Å². The molecule has 3 heteroatoms. The van der Waals surface area contributed by atoms with Gasteiger partial charge in [-0.3, -0.25) is 0 Å². The van der Waals surface area contributed by atoms with E-state index in [1.54, 1.807) is 6.07 Å². The first-order valence-electron chi connectivity index (χ1n) is 3.81. The van der Waals surface area contributed by atoms with Gasteiger partial charge in [-0.1, -0.05) is 36.2 Å². The fourth-order valence-corrected chi connectivity index (χ4v) is 1.20. The Morgan fingerprint density at radius 2 is 2.00 bits per heavy atom. The van der Waals surface area contributed by atoms with Crippen LogP contribution in [0.3, 0.4) is 0 Å². The molecule has 0 amide bonds. The maximum absolute atomic E-state index is 5.82. The minimum Gasteiger partial charge on any atom is -0.237 e. The molecule has 1 nitrogen and oxygen atoms in total. The second-order valence-corrected chi connectivity index (χ2v) is 3.26. The predicted molar refractivity (Wildman–Crippen MR) is 52.8 cm³/mol. The molecule has 0 spiro atoms. The van der Waals surface area contributed by atoms with E-state index in [0.717, 1.165) is 12.1 Å². The van der Waals surface area contributed by atoms with Crippen molar-refractivity contribution >= 4 is 23.2 Å². The van der Waals surface area contributed by atoms with Crippen LogP contribution >= 0.6 is 23.2 Å². The Labute approximate surface area is 82.7 Å². The van der Waals surface area contributed by atoms with E-state index in [2.05, 4.69) is 5.32 Å². The molecule has 0 aliphatic rings. The molecule has 0 aliphatic carbocycles. The molecule has 0 fully saturated rings. The summed E-state index contributed by atoms with van der Waals surface area (Å²) >= 11 is 11.6. The first-order valence-corrected chi connectivity index (χ1v) is 4.57. The SMILES string of the molecule is CC[N]Cc1ccc(Cl)c(Cl)c1. The lowest BCUT2D eigenvalue weighted by atomic mass is 10.2. The van der Waals surface area contributed by atoms with Gasteiger partial charge >= 0.3 is 0 Å². The van der Waals surface area contributed by atoms with Crippen LogP contribution in [0.25, 0.3) is 0 Å². The highest BCUT2D eigenvalue weighted by molar-refractivity contribution is 6.41. The molecule has 1 rings (SSSR count). The molecule has 0 bridgehead atoms. The van der Waals surface area contributed by atoms with Gasteiger partial charge in [0, 0.05) is 13.1 Å².